The van der Waals surface area contributed by atoms with Crippen LogP contribution in [0.25, 0.3) is 0 Å². The summed E-state index contributed by atoms with van der Waals surface area (Å²) in [7, 11) is 0. The molecule has 2 aromatic carbocycles. The van der Waals surface area contributed by atoms with Gasteiger partial charge in [-0.15, -0.1) is 0 Å². The van der Waals surface area contributed by atoms with Crippen molar-refractivity contribution in [2.45, 2.75) is 45.8 Å². The number of hydrogen-bond donors (Lipinski definition) is 0. The fourth-order valence-corrected chi connectivity index (χ4v) is 5.85. The molecule has 3 aliphatic rings. The van der Waals surface area contributed by atoms with E-state index >= 15 is 0 Å². The predicted octanol–water partition coefficient (Wildman–Crippen LogP) is 5.27. The van der Waals surface area contributed by atoms with Crippen molar-refractivity contribution in [3.05, 3.63) is 60.2 Å². The smallest absolute Gasteiger partial charge is 0.265 e. The highest BCUT2D eigenvalue weighted by Gasteiger charge is 2.74. The quantitative estimate of drug-likeness (QED) is 0.703. The number of amides is 1. The number of carbonyl (C=O) groups is 1. The largest absolute Gasteiger partial charge is 0.466 e. The third-order valence-electron chi connectivity index (χ3n) is 7.80. The summed E-state index contributed by atoms with van der Waals surface area (Å²) in [5.41, 5.74) is 1.01. The van der Waals surface area contributed by atoms with Gasteiger partial charge in [-0.2, -0.15) is 0 Å². The molecule has 3 heteroatoms. The van der Waals surface area contributed by atoms with Gasteiger partial charge in [0.05, 0.1) is 5.56 Å². The van der Waals surface area contributed by atoms with E-state index in [0.29, 0.717) is 11.5 Å². The second-order valence-electron chi connectivity index (χ2n) is 8.85. The highest BCUT2D eigenvalue weighted by atomic mass is 16.5. The van der Waals surface area contributed by atoms with E-state index in [1.165, 1.54) is 6.42 Å². The molecule has 0 unspecified atom stereocenters. The standard InChI is InChI=1S/C23H25NO2/c1-21(2)16-13-14-22(21,3)23(15-16)24(17-9-5-4-6-10-17)20(25)18-11-7-8-12-19(18)26-23/h4-12,16H,13-15H2,1-3H3/t16-,22+,23+/m0/s1. The van der Waals surface area contributed by atoms with Gasteiger partial charge in [-0.25, -0.2) is 0 Å². The first-order chi connectivity index (χ1) is 12.4. The first kappa shape index (κ1) is 15.9. The summed E-state index contributed by atoms with van der Waals surface area (Å²) in [6.07, 6.45) is 3.20. The van der Waals surface area contributed by atoms with E-state index in [1.807, 2.05) is 59.5 Å². The molecule has 2 saturated carbocycles. The van der Waals surface area contributed by atoms with E-state index in [0.717, 1.165) is 24.3 Å². The summed E-state index contributed by atoms with van der Waals surface area (Å²) < 4.78 is 6.80. The van der Waals surface area contributed by atoms with E-state index in [9.17, 15) is 4.79 Å². The molecule has 2 aromatic rings. The van der Waals surface area contributed by atoms with Crippen molar-refractivity contribution in [3.8, 4) is 5.75 Å². The molecule has 1 aliphatic heterocycles. The molecule has 0 aromatic heterocycles. The summed E-state index contributed by atoms with van der Waals surface area (Å²) >= 11 is 0. The number of carbonyl (C=O) groups excluding carboxylic acids is 1. The van der Waals surface area contributed by atoms with E-state index in [1.54, 1.807) is 0 Å². The van der Waals surface area contributed by atoms with Gasteiger partial charge >= 0.3 is 0 Å². The summed E-state index contributed by atoms with van der Waals surface area (Å²) in [5, 5.41) is 0. The van der Waals surface area contributed by atoms with Gasteiger partial charge in [0.1, 0.15) is 5.75 Å². The maximum atomic E-state index is 13.7. The second-order valence-corrected chi connectivity index (χ2v) is 8.85. The Morgan fingerprint density at radius 3 is 2.35 bits per heavy atom. The van der Waals surface area contributed by atoms with Gasteiger partial charge in [0.2, 0.25) is 0 Å². The zero-order valence-electron chi connectivity index (χ0n) is 15.7. The molecular weight excluding hydrogens is 322 g/mol. The summed E-state index contributed by atoms with van der Waals surface area (Å²) in [5.74, 6) is 1.36. The van der Waals surface area contributed by atoms with Gasteiger partial charge in [-0.05, 0) is 48.4 Å². The Balaban J connectivity index is 1.77. The molecular formula is C23H25NO2. The van der Waals surface area contributed by atoms with Gasteiger partial charge < -0.3 is 4.74 Å². The van der Waals surface area contributed by atoms with Crippen LogP contribution in [0.3, 0.4) is 0 Å². The van der Waals surface area contributed by atoms with Crippen LogP contribution in [0.1, 0.15) is 50.4 Å². The minimum atomic E-state index is -0.619. The minimum absolute atomic E-state index is 0.0580. The van der Waals surface area contributed by atoms with Crippen molar-refractivity contribution >= 4 is 11.6 Å². The van der Waals surface area contributed by atoms with E-state index < -0.39 is 5.72 Å². The molecule has 1 amide bonds. The highest BCUT2D eigenvalue weighted by molar-refractivity contribution is 6.10. The lowest BCUT2D eigenvalue weighted by Crippen LogP contribution is -2.67. The molecule has 1 spiro atoms. The average Bonchev–Trinajstić information content (AvgIpc) is 2.95. The van der Waals surface area contributed by atoms with Gasteiger partial charge in [0.15, 0.2) is 5.72 Å². The van der Waals surface area contributed by atoms with Crippen molar-refractivity contribution < 1.29 is 9.53 Å². The average molecular weight is 347 g/mol. The van der Waals surface area contributed by atoms with Crippen LogP contribution in [0.15, 0.2) is 54.6 Å². The predicted molar refractivity (Wildman–Crippen MR) is 102 cm³/mol. The Morgan fingerprint density at radius 1 is 1.00 bits per heavy atom. The molecule has 5 rings (SSSR count). The van der Waals surface area contributed by atoms with Crippen LogP contribution in [-0.4, -0.2) is 11.6 Å². The number of rotatable bonds is 1. The SMILES string of the molecule is CC1(C)[C@H]2CC[C@@]1(C)[C@@]1(C2)Oc2ccccc2C(=O)N1c1ccccc1. The molecule has 2 aliphatic carbocycles. The van der Waals surface area contributed by atoms with Crippen LogP contribution in [0.5, 0.6) is 5.75 Å². The third-order valence-corrected chi connectivity index (χ3v) is 7.80. The lowest BCUT2D eigenvalue weighted by Gasteiger charge is -2.55. The Hall–Kier alpha value is -2.29. The maximum Gasteiger partial charge on any atom is 0.265 e. The fourth-order valence-electron chi connectivity index (χ4n) is 5.85. The first-order valence-electron chi connectivity index (χ1n) is 9.58. The third kappa shape index (κ3) is 1.67. The fraction of sp³-hybridized carbons (Fsp3) is 0.435. The van der Waals surface area contributed by atoms with Crippen molar-refractivity contribution in [2.75, 3.05) is 4.90 Å². The van der Waals surface area contributed by atoms with Crippen LogP contribution in [0.4, 0.5) is 5.69 Å². The Labute approximate surface area is 155 Å². The van der Waals surface area contributed by atoms with Gasteiger partial charge in [0.25, 0.3) is 5.91 Å². The van der Waals surface area contributed by atoms with E-state index in [2.05, 4.69) is 20.8 Å². The molecule has 3 nitrogen and oxygen atoms in total. The van der Waals surface area contributed by atoms with Gasteiger partial charge in [0, 0.05) is 17.5 Å². The zero-order valence-corrected chi connectivity index (χ0v) is 15.7. The number of nitrogens with zero attached hydrogens (tertiary/aromatic N) is 1. The number of para-hydroxylation sites is 2. The monoisotopic (exact) mass is 347 g/mol. The topological polar surface area (TPSA) is 29.5 Å². The van der Waals surface area contributed by atoms with Crippen molar-refractivity contribution in [1.29, 1.82) is 0 Å². The Morgan fingerprint density at radius 2 is 1.69 bits per heavy atom. The molecule has 1 heterocycles. The molecule has 2 fully saturated rings. The van der Waals surface area contributed by atoms with Crippen LogP contribution in [0, 0.1) is 16.7 Å². The summed E-state index contributed by atoms with van der Waals surface area (Å²) in [6.45, 7) is 7.05. The number of ether oxygens (including phenoxy) is 1. The van der Waals surface area contributed by atoms with Gasteiger partial charge in [-0.1, -0.05) is 51.1 Å². The van der Waals surface area contributed by atoms with E-state index in [-0.39, 0.29) is 16.7 Å². The normalized spacial score (nSPS) is 34.0. The second kappa shape index (κ2) is 4.91. The van der Waals surface area contributed by atoms with Crippen molar-refractivity contribution in [3.63, 3.8) is 0 Å². The molecule has 0 saturated heterocycles. The van der Waals surface area contributed by atoms with E-state index in [4.69, 9.17) is 4.74 Å². The van der Waals surface area contributed by atoms with Crippen LogP contribution in [0.2, 0.25) is 0 Å². The molecule has 0 radical (unpaired) electrons. The molecule has 26 heavy (non-hydrogen) atoms. The van der Waals surface area contributed by atoms with Gasteiger partial charge in [-0.3, -0.25) is 9.69 Å². The lowest BCUT2D eigenvalue weighted by molar-refractivity contribution is -0.0705. The molecule has 2 bridgehead atoms. The highest BCUT2D eigenvalue weighted by Crippen LogP contribution is 2.72. The number of fused-ring (bicyclic) bond motifs is 4. The maximum absolute atomic E-state index is 13.7. The first-order valence-corrected chi connectivity index (χ1v) is 9.58. The molecule has 3 atom stereocenters. The Kier molecular flexibility index (Phi) is 3.00. The lowest BCUT2D eigenvalue weighted by atomic mass is 9.66. The summed E-state index contributed by atoms with van der Waals surface area (Å²) in [6, 6.07) is 17.7. The molecule has 0 N–H and O–H groups in total. The van der Waals surface area contributed by atoms with Crippen LogP contribution in [-0.2, 0) is 0 Å². The molecule has 134 valence electrons. The zero-order chi connectivity index (χ0) is 18.2. The number of anilines is 1. The van der Waals surface area contributed by atoms with Crippen LogP contribution < -0.4 is 9.64 Å². The number of hydrogen-bond acceptors (Lipinski definition) is 2. The summed E-state index contributed by atoms with van der Waals surface area (Å²) in [4.78, 5) is 15.6. The van der Waals surface area contributed by atoms with Crippen molar-refractivity contribution in [2.24, 2.45) is 16.7 Å². The van der Waals surface area contributed by atoms with Crippen molar-refractivity contribution in [1.82, 2.24) is 0 Å². The van der Waals surface area contributed by atoms with Crippen LogP contribution >= 0.6 is 0 Å². The Bertz CT molecular complexity index is 890. The number of benzene rings is 2. The minimum Gasteiger partial charge on any atom is -0.466 e.